The van der Waals surface area contributed by atoms with Crippen LogP contribution < -0.4 is 9.47 Å². The van der Waals surface area contributed by atoms with Gasteiger partial charge in [0.05, 0.1) is 16.8 Å². The number of benzene rings is 3. The summed E-state index contributed by atoms with van der Waals surface area (Å²) in [5.41, 5.74) is 0.956. The van der Waals surface area contributed by atoms with Crippen molar-refractivity contribution in [1.82, 2.24) is 4.57 Å². The van der Waals surface area contributed by atoms with E-state index in [0.717, 1.165) is 24.3 Å². The summed E-state index contributed by atoms with van der Waals surface area (Å²) in [7, 11) is 0. The van der Waals surface area contributed by atoms with E-state index in [9.17, 15) is 27.2 Å². The third kappa shape index (κ3) is 5.54. The molecule has 4 rings (SSSR count). The van der Waals surface area contributed by atoms with E-state index >= 15 is 0 Å². The fourth-order valence-corrected chi connectivity index (χ4v) is 4.08. The Bertz CT molecular complexity index is 1510. The molecule has 0 aliphatic carbocycles. The van der Waals surface area contributed by atoms with Crippen molar-refractivity contribution >= 4 is 34.3 Å². The predicted molar refractivity (Wildman–Crippen MR) is 127 cm³/mol. The van der Waals surface area contributed by atoms with Crippen LogP contribution in [-0.2, 0) is 4.79 Å². The quantitative estimate of drug-likeness (QED) is 0.210. The lowest BCUT2D eigenvalue weighted by molar-refractivity contribution is -0.274. The Hall–Kier alpha value is -4.05. The number of aliphatic carboxylic acids is 1. The van der Waals surface area contributed by atoms with Crippen molar-refractivity contribution in [1.29, 1.82) is 0 Å². The van der Waals surface area contributed by atoms with E-state index in [-0.39, 0.29) is 33.5 Å². The largest absolute Gasteiger partial charge is 0.573 e. The Morgan fingerprint density at radius 3 is 2.30 bits per heavy atom. The van der Waals surface area contributed by atoms with Crippen LogP contribution in [0.1, 0.15) is 28.5 Å². The summed E-state index contributed by atoms with van der Waals surface area (Å²) in [5.74, 6) is -3.18. The molecule has 1 heterocycles. The van der Waals surface area contributed by atoms with E-state index in [0.29, 0.717) is 10.7 Å². The molecule has 3 aromatic carbocycles. The van der Waals surface area contributed by atoms with Crippen molar-refractivity contribution in [2.75, 3.05) is 0 Å². The lowest BCUT2D eigenvalue weighted by atomic mass is 10.0. The van der Waals surface area contributed by atoms with Crippen LogP contribution in [0.2, 0.25) is 5.02 Å². The van der Waals surface area contributed by atoms with Crippen LogP contribution in [0.5, 0.6) is 11.5 Å². The zero-order chi connectivity index (χ0) is 27.1. The Labute approximate surface area is 212 Å². The van der Waals surface area contributed by atoms with Crippen LogP contribution in [0.15, 0.2) is 60.7 Å². The van der Waals surface area contributed by atoms with Gasteiger partial charge in [0.25, 0.3) is 0 Å². The molecule has 0 bridgehead atoms. The molecule has 0 aliphatic rings. The Morgan fingerprint density at radius 1 is 1.00 bits per heavy atom. The van der Waals surface area contributed by atoms with Crippen molar-refractivity contribution in [2.45, 2.75) is 26.3 Å². The van der Waals surface area contributed by atoms with Gasteiger partial charge in [0.15, 0.2) is 11.9 Å². The molecule has 0 saturated heterocycles. The number of carboxylic acid groups (broad SMARTS) is 1. The van der Waals surface area contributed by atoms with Gasteiger partial charge in [0.1, 0.15) is 17.3 Å². The van der Waals surface area contributed by atoms with Crippen molar-refractivity contribution in [3.05, 3.63) is 88.3 Å². The Balaban J connectivity index is 1.95. The lowest BCUT2D eigenvalue weighted by Crippen LogP contribution is -2.23. The molecule has 6 nitrogen and oxygen atoms in total. The molecule has 4 aromatic rings. The minimum Gasteiger partial charge on any atom is -0.479 e. The lowest BCUT2D eigenvalue weighted by Gasteiger charge is -2.15. The van der Waals surface area contributed by atoms with Gasteiger partial charge in [0.2, 0.25) is 0 Å². The highest BCUT2D eigenvalue weighted by Crippen LogP contribution is 2.36. The second kappa shape index (κ2) is 9.78. The smallest absolute Gasteiger partial charge is 0.479 e. The summed E-state index contributed by atoms with van der Waals surface area (Å²) >= 11 is 5.92. The first-order valence-corrected chi connectivity index (χ1v) is 11.1. The maximum absolute atomic E-state index is 14.6. The van der Waals surface area contributed by atoms with Gasteiger partial charge >= 0.3 is 12.3 Å². The first-order valence-electron chi connectivity index (χ1n) is 10.8. The van der Waals surface area contributed by atoms with E-state index in [1.807, 2.05) is 0 Å². The molecule has 1 atom stereocenters. The normalized spacial score (nSPS) is 12.4. The predicted octanol–water partition coefficient (Wildman–Crippen LogP) is 6.71. The van der Waals surface area contributed by atoms with Crippen molar-refractivity contribution in [2.24, 2.45) is 0 Å². The highest BCUT2D eigenvalue weighted by atomic mass is 35.5. The molecular formula is C26H18ClF4NO5. The number of fused-ring (bicyclic) bond motifs is 1. The molecule has 0 saturated carbocycles. The van der Waals surface area contributed by atoms with Gasteiger partial charge < -0.3 is 19.1 Å². The van der Waals surface area contributed by atoms with Crippen LogP contribution in [0.3, 0.4) is 0 Å². The SMILES string of the molecule is Cc1c(C(=O)c2ccc(Cl)cc2)c2ccc(OC(F)(F)F)cc2n1-c1cc(F)cc(O[C@H](C)C(=O)O)c1. The molecule has 0 spiro atoms. The van der Waals surface area contributed by atoms with Crippen molar-refractivity contribution in [3.63, 3.8) is 0 Å². The molecule has 0 fully saturated rings. The highest BCUT2D eigenvalue weighted by molar-refractivity contribution is 6.30. The minimum atomic E-state index is -4.96. The molecule has 0 aliphatic heterocycles. The second-order valence-electron chi connectivity index (χ2n) is 8.10. The number of ketones is 1. The average molecular weight is 536 g/mol. The standard InChI is InChI=1S/C26H18ClF4NO5/c1-13-23(24(33)15-3-5-16(27)6-4-15)21-8-7-19(37-26(29,30)31)12-22(21)32(13)18-9-17(28)10-20(11-18)36-14(2)25(34)35/h3-12,14H,1-2H3,(H,34,35)/t14-/m1/s1. The number of carbonyl (C=O) groups excluding carboxylic acids is 1. The minimum absolute atomic E-state index is 0.0920. The van der Waals surface area contributed by atoms with Crippen LogP contribution in [0.25, 0.3) is 16.6 Å². The molecule has 11 heteroatoms. The number of ether oxygens (including phenoxy) is 2. The fraction of sp³-hybridized carbons (Fsp3) is 0.154. The monoisotopic (exact) mass is 535 g/mol. The van der Waals surface area contributed by atoms with Crippen LogP contribution in [0, 0.1) is 12.7 Å². The van der Waals surface area contributed by atoms with Crippen molar-refractivity contribution in [3.8, 4) is 17.2 Å². The number of alkyl halides is 3. The molecule has 1 aromatic heterocycles. The summed E-state index contributed by atoms with van der Waals surface area (Å²) in [5, 5.41) is 9.82. The van der Waals surface area contributed by atoms with E-state index < -0.39 is 35.8 Å². The molecular weight excluding hydrogens is 518 g/mol. The van der Waals surface area contributed by atoms with Gasteiger partial charge in [-0.1, -0.05) is 11.6 Å². The van der Waals surface area contributed by atoms with Crippen molar-refractivity contribution < 1.29 is 41.7 Å². The first-order chi connectivity index (χ1) is 17.3. The van der Waals surface area contributed by atoms with Gasteiger partial charge in [0, 0.05) is 39.9 Å². The van der Waals surface area contributed by atoms with Gasteiger partial charge in [-0.3, -0.25) is 4.79 Å². The summed E-state index contributed by atoms with van der Waals surface area (Å²) in [6, 6.07) is 12.9. The van der Waals surface area contributed by atoms with Gasteiger partial charge in [-0.2, -0.15) is 0 Å². The molecule has 1 N–H and O–H groups in total. The molecule has 0 amide bonds. The highest BCUT2D eigenvalue weighted by Gasteiger charge is 2.32. The van der Waals surface area contributed by atoms with E-state index in [1.54, 1.807) is 6.92 Å². The Morgan fingerprint density at radius 2 is 1.68 bits per heavy atom. The van der Waals surface area contributed by atoms with E-state index in [2.05, 4.69) is 4.74 Å². The number of aromatic nitrogens is 1. The number of carbonyl (C=O) groups is 2. The third-order valence-electron chi connectivity index (χ3n) is 5.52. The zero-order valence-corrected chi connectivity index (χ0v) is 20.0. The Kier molecular flexibility index (Phi) is 6.88. The first kappa shape index (κ1) is 26.0. The topological polar surface area (TPSA) is 77.8 Å². The molecule has 37 heavy (non-hydrogen) atoms. The third-order valence-corrected chi connectivity index (χ3v) is 5.77. The summed E-state index contributed by atoms with van der Waals surface area (Å²) in [6.45, 7) is 2.81. The second-order valence-corrected chi connectivity index (χ2v) is 8.54. The summed E-state index contributed by atoms with van der Waals surface area (Å²) in [6.07, 6.45) is -6.26. The van der Waals surface area contributed by atoms with Gasteiger partial charge in [-0.05, 0) is 56.3 Å². The molecule has 0 radical (unpaired) electrons. The number of rotatable bonds is 7. The number of halogens is 5. The number of hydrogen-bond donors (Lipinski definition) is 1. The summed E-state index contributed by atoms with van der Waals surface area (Å²) < 4.78 is 64.0. The van der Waals surface area contributed by atoms with E-state index in [4.69, 9.17) is 21.4 Å². The van der Waals surface area contributed by atoms with E-state index in [1.165, 1.54) is 47.9 Å². The summed E-state index contributed by atoms with van der Waals surface area (Å²) in [4.78, 5) is 24.7. The van der Waals surface area contributed by atoms with Crippen LogP contribution >= 0.6 is 11.6 Å². The molecule has 0 unspecified atom stereocenters. The van der Waals surface area contributed by atoms with Gasteiger partial charge in [-0.15, -0.1) is 13.2 Å². The van der Waals surface area contributed by atoms with Crippen LogP contribution in [-0.4, -0.2) is 33.9 Å². The maximum atomic E-state index is 14.6. The zero-order valence-electron chi connectivity index (χ0n) is 19.3. The van der Waals surface area contributed by atoms with Gasteiger partial charge in [-0.25, -0.2) is 9.18 Å². The number of carboxylic acids is 1. The number of nitrogens with zero attached hydrogens (tertiary/aromatic N) is 1. The number of hydrogen-bond acceptors (Lipinski definition) is 4. The average Bonchev–Trinajstić information content (AvgIpc) is 3.08. The maximum Gasteiger partial charge on any atom is 0.573 e. The fourth-order valence-electron chi connectivity index (χ4n) is 3.96. The molecule has 192 valence electrons. The van der Waals surface area contributed by atoms with Crippen LogP contribution in [0.4, 0.5) is 17.6 Å².